The minimum Gasteiger partial charge on any atom is -0.507 e. The largest absolute Gasteiger partial charge is 0.507 e. The normalized spacial score (nSPS) is 8.42. The predicted molar refractivity (Wildman–Crippen MR) is 45.2 cm³/mol. The summed E-state index contributed by atoms with van der Waals surface area (Å²) in [5.41, 5.74) is 0.190. The molecule has 0 aliphatic carbocycles. The molecule has 1 rings (SSSR count). The summed E-state index contributed by atoms with van der Waals surface area (Å²) in [5.74, 6) is -0.581. The standard InChI is InChI=1S/C8H8O3.Al/c1-11-8(10)6-4-2-3-5-7(6)9;/h2-5,9H,1H3;. The van der Waals surface area contributed by atoms with Crippen LogP contribution in [0.2, 0.25) is 0 Å². The van der Waals surface area contributed by atoms with Crippen LogP contribution in [-0.4, -0.2) is 35.5 Å². The number of carbonyl (C=O) groups is 1. The van der Waals surface area contributed by atoms with E-state index in [1.54, 1.807) is 12.1 Å². The Bertz CT molecular complexity index is 273. The fraction of sp³-hybridized carbons (Fsp3) is 0.125. The Morgan fingerprint density at radius 3 is 2.50 bits per heavy atom. The van der Waals surface area contributed by atoms with E-state index in [4.69, 9.17) is 5.11 Å². The SMILES string of the molecule is COC(=O)c1ccccc1O.[Al]. The number of benzene rings is 1. The summed E-state index contributed by atoms with van der Waals surface area (Å²) in [6.45, 7) is 0. The van der Waals surface area contributed by atoms with E-state index in [0.717, 1.165) is 0 Å². The number of methoxy groups -OCH3 is 1. The molecule has 0 aromatic heterocycles. The number of phenolic OH excluding ortho intramolecular Hbond substituents is 1. The number of carbonyl (C=O) groups excluding carboxylic acids is 1. The number of rotatable bonds is 1. The highest BCUT2D eigenvalue weighted by Crippen LogP contribution is 2.15. The number of hydrogen-bond acceptors (Lipinski definition) is 3. The van der Waals surface area contributed by atoms with Crippen LogP contribution in [-0.2, 0) is 4.74 Å². The van der Waals surface area contributed by atoms with Crippen LogP contribution < -0.4 is 0 Å². The molecule has 0 amide bonds. The first-order valence-corrected chi connectivity index (χ1v) is 3.12. The third kappa shape index (κ3) is 2.26. The number of aromatic hydroxyl groups is 1. The van der Waals surface area contributed by atoms with Gasteiger partial charge in [-0.2, -0.15) is 0 Å². The van der Waals surface area contributed by atoms with Gasteiger partial charge in [0.2, 0.25) is 0 Å². The highest BCUT2D eigenvalue weighted by Gasteiger charge is 2.08. The highest BCUT2D eigenvalue weighted by molar-refractivity contribution is 5.92. The van der Waals surface area contributed by atoms with E-state index in [0.29, 0.717) is 0 Å². The molecule has 0 aliphatic heterocycles. The highest BCUT2D eigenvalue weighted by atomic mass is 27.0. The van der Waals surface area contributed by atoms with E-state index in [2.05, 4.69) is 4.74 Å². The summed E-state index contributed by atoms with van der Waals surface area (Å²) in [7, 11) is 1.27. The maximum absolute atomic E-state index is 10.9. The summed E-state index contributed by atoms with van der Waals surface area (Å²) in [6.07, 6.45) is 0. The number of hydrogen-bond donors (Lipinski definition) is 1. The van der Waals surface area contributed by atoms with Crippen molar-refractivity contribution < 1.29 is 14.6 Å². The van der Waals surface area contributed by atoms with E-state index >= 15 is 0 Å². The van der Waals surface area contributed by atoms with Crippen molar-refractivity contribution in [2.24, 2.45) is 0 Å². The first-order valence-electron chi connectivity index (χ1n) is 3.12. The minimum absolute atomic E-state index is 0. The summed E-state index contributed by atoms with van der Waals surface area (Å²) in [6, 6.07) is 6.24. The third-order valence-electron chi connectivity index (χ3n) is 1.31. The van der Waals surface area contributed by atoms with Crippen molar-refractivity contribution in [3.05, 3.63) is 29.8 Å². The van der Waals surface area contributed by atoms with Crippen LogP contribution in [0.4, 0.5) is 0 Å². The Balaban J connectivity index is 0.00000121. The molecule has 0 unspecified atom stereocenters. The number of para-hydroxylation sites is 1. The van der Waals surface area contributed by atoms with E-state index in [1.807, 2.05) is 0 Å². The summed E-state index contributed by atoms with van der Waals surface area (Å²) in [4.78, 5) is 10.9. The van der Waals surface area contributed by atoms with Gasteiger partial charge in [-0.25, -0.2) is 4.79 Å². The van der Waals surface area contributed by atoms with E-state index in [-0.39, 0.29) is 28.7 Å². The van der Waals surface area contributed by atoms with Gasteiger partial charge in [-0.1, -0.05) is 12.1 Å². The van der Waals surface area contributed by atoms with Gasteiger partial charge < -0.3 is 9.84 Å². The van der Waals surface area contributed by atoms with Gasteiger partial charge in [0.15, 0.2) is 0 Å². The molecule has 1 aromatic rings. The molecule has 3 radical (unpaired) electrons. The van der Waals surface area contributed by atoms with Crippen LogP contribution in [0.5, 0.6) is 5.75 Å². The van der Waals surface area contributed by atoms with Crippen molar-refractivity contribution in [1.82, 2.24) is 0 Å². The Kier molecular flexibility index (Phi) is 4.42. The van der Waals surface area contributed by atoms with Gasteiger partial charge in [-0.05, 0) is 12.1 Å². The lowest BCUT2D eigenvalue weighted by Crippen LogP contribution is -2.00. The summed E-state index contributed by atoms with van der Waals surface area (Å²) >= 11 is 0. The summed E-state index contributed by atoms with van der Waals surface area (Å²) < 4.78 is 4.42. The molecule has 0 aliphatic rings. The lowest BCUT2D eigenvalue weighted by molar-refractivity contribution is 0.0597. The van der Waals surface area contributed by atoms with Crippen LogP contribution >= 0.6 is 0 Å². The number of ether oxygens (including phenoxy) is 1. The maximum Gasteiger partial charge on any atom is 0.341 e. The zero-order chi connectivity index (χ0) is 8.27. The minimum atomic E-state index is -0.525. The lowest BCUT2D eigenvalue weighted by Gasteiger charge is -1.99. The lowest BCUT2D eigenvalue weighted by atomic mass is 10.2. The van der Waals surface area contributed by atoms with Gasteiger partial charge in [-0.3, -0.25) is 0 Å². The van der Waals surface area contributed by atoms with Crippen LogP contribution in [0.25, 0.3) is 0 Å². The van der Waals surface area contributed by atoms with Gasteiger partial charge in [0, 0.05) is 17.4 Å². The molecule has 0 bridgehead atoms. The average Bonchev–Trinajstić information content (AvgIpc) is 2.04. The molecule has 0 fully saturated rings. The molecule has 12 heavy (non-hydrogen) atoms. The topological polar surface area (TPSA) is 46.5 Å². The van der Waals surface area contributed by atoms with Crippen LogP contribution in [0.3, 0.4) is 0 Å². The molecular weight excluding hydrogens is 171 g/mol. The van der Waals surface area contributed by atoms with Crippen LogP contribution in [0.15, 0.2) is 24.3 Å². The number of phenols is 1. The molecule has 0 saturated heterocycles. The van der Waals surface area contributed by atoms with E-state index in [9.17, 15) is 4.79 Å². The molecular formula is C8H8AlO3. The molecule has 4 heteroatoms. The first-order chi connectivity index (χ1) is 5.25. The second-order valence-corrected chi connectivity index (χ2v) is 2.01. The Morgan fingerprint density at radius 2 is 2.00 bits per heavy atom. The van der Waals surface area contributed by atoms with Crippen molar-refractivity contribution in [1.29, 1.82) is 0 Å². The molecule has 0 atom stereocenters. The molecule has 3 nitrogen and oxygen atoms in total. The van der Waals surface area contributed by atoms with Crippen molar-refractivity contribution in [3.8, 4) is 5.75 Å². The second-order valence-electron chi connectivity index (χ2n) is 2.01. The molecule has 0 saturated carbocycles. The van der Waals surface area contributed by atoms with Gasteiger partial charge in [0.1, 0.15) is 11.3 Å². The van der Waals surface area contributed by atoms with Gasteiger partial charge in [0.25, 0.3) is 0 Å². The van der Waals surface area contributed by atoms with E-state index < -0.39 is 5.97 Å². The Hall–Kier alpha value is -0.978. The zero-order valence-electron chi connectivity index (χ0n) is 6.65. The second kappa shape index (κ2) is 4.81. The molecule has 1 aromatic carbocycles. The van der Waals surface area contributed by atoms with Gasteiger partial charge in [-0.15, -0.1) is 0 Å². The van der Waals surface area contributed by atoms with Crippen molar-refractivity contribution in [3.63, 3.8) is 0 Å². The fourth-order valence-corrected chi connectivity index (χ4v) is 0.756. The maximum atomic E-state index is 10.9. The molecule has 0 heterocycles. The van der Waals surface area contributed by atoms with Gasteiger partial charge >= 0.3 is 5.97 Å². The van der Waals surface area contributed by atoms with Crippen molar-refractivity contribution in [2.45, 2.75) is 0 Å². The van der Waals surface area contributed by atoms with Crippen LogP contribution in [0.1, 0.15) is 10.4 Å². The van der Waals surface area contributed by atoms with Crippen LogP contribution in [0, 0.1) is 0 Å². The number of esters is 1. The summed E-state index contributed by atoms with van der Waals surface area (Å²) in [5, 5.41) is 9.11. The zero-order valence-corrected chi connectivity index (χ0v) is 7.81. The molecule has 0 spiro atoms. The monoisotopic (exact) mass is 179 g/mol. The quantitative estimate of drug-likeness (QED) is 0.512. The smallest absolute Gasteiger partial charge is 0.341 e. The first kappa shape index (κ1) is 11.0. The predicted octanol–water partition coefficient (Wildman–Crippen LogP) is 0.798. The Morgan fingerprint density at radius 1 is 1.42 bits per heavy atom. The molecule has 61 valence electrons. The Labute approximate surface area is 81.1 Å². The van der Waals surface area contributed by atoms with E-state index in [1.165, 1.54) is 19.2 Å². The fourth-order valence-electron chi connectivity index (χ4n) is 0.756. The van der Waals surface area contributed by atoms with Crippen molar-refractivity contribution >= 4 is 23.3 Å². The van der Waals surface area contributed by atoms with Gasteiger partial charge in [0.05, 0.1) is 7.11 Å². The average molecular weight is 179 g/mol. The van der Waals surface area contributed by atoms with Crippen molar-refractivity contribution in [2.75, 3.05) is 7.11 Å². The third-order valence-corrected chi connectivity index (χ3v) is 1.31. The molecule has 1 N–H and O–H groups in total.